The second-order valence-corrected chi connectivity index (χ2v) is 10.2. The summed E-state index contributed by atoms with van der Waals surface area (Å²) in [5.74, 6) is 1.23. The van der Waals surface area contributed by atoms with Gasteiger partial charge in [-0.05, 0) is 56.4 Å². The van der Waals surface area contributed by atoms with Crippen LogP contribution in [0.2, 0.25) is 0 Å². The Bertz CT molecular complexity index is 1130. The van der Waals surface area contributed by atoms with Crippen LogP contribution in [0, 0.1) is 13.8 Å². The monoisotopic (exact) mass is 443 g/mol. The van der Waals surface area contributed by atoms with E-state index in [1.807, 2.05) is 27.0 Å². The largest absolute Gasteiger partial charge is 0.373 e. The Kier molecular flexibility index (Phi) is 5.74. The molecule has 4 rings (SSSR count). The van der Waals surface area contributed by atoms with Gasteiger partial charge in [0.05, 0.1) is 23.2 Å². The van der Waals surface area contributed by atoms with Crippen LogP contribution < -0.4 is 5.32 Å². The number of aryl methyl sites for hydroxylation is 2. The van der Waals surface area contributed by atoms with E-state index in [1.165, 1.54) is 4.31 Å². The highest BCUT2D eigenvalue weighted by Gasteiger charge is 2.39. The van der Waals surface area contributed by atoms with Crippen LogP contribution in [0.3, 0.4) is 0 Å². The first-order valence-electron chi connectivity index (χ1n) is 10.6. The molecule has 1 aromatic heterocycles. The average Bonchev–Trinajstić information content (AvgIpc) is 3.25. The van der Waals surface area contributed by atoms with Crippen LogP contribution in [0.1, 0.15) is 54.0 Å². The normalized spacial score (nSPS) is 19.4. The van der Waals surface area contributed by atoms with E-state index < -0.39 is 16.1 Å². The molecule has 1 unspecified atom stereocenters. The van der Waals surface area contributed by atoms with Gasteiger partial charge in [-0.15, -0.1) is 0 Å². The van der Waals surface area contributed by atoms with Crippen molar-refractivity contribution >= 4 is 21.7 Å². The van der Waals surface area contributed by atoms with Crippen molar-refractivity contribution in [2.45, 2.75) is 57.5 Å². The molecule has 1 atom stereocenters. The lowest BCUT2D eigenvalue weighted by molar-refractivity contribution is -0.129. The second kappa shape index (κ2) is 8.20. The Morgan fingerprint density at radius 2 is 1.94 bits per heavy atom. The molecule has 9 heteroatoms. The van der Waals surface area contributed by atoms with Gasteiger partial charge in [0.15, 0.2) is 0 Å². The SMILES string of the molecule is CNc1nc(C2CCCN2S(=O)(=O)c2ccc(C)c(C)c2)nc2c1CCN(C(C)=O)C2. The summed E-state index contributed by atoms with van der Waals surface area (Å²) in [5.41, 5.74) is 3.81. The Balaban J connectivity index is 1.72. The first-order valence-corrected chi connectivity index (χ1v) is 12.1. The molecule has 1 aromatic carbocycles. The number of nitrogens with zero attached hydrogens (tertiary/aromatic N) is 4. The average molecular weight is 444 g/mol. The molecule has 166 valence electrons. The highest BCUT2D eigenvalue weighted by molar-refractivity contribution is 7.89. The molecule has 1 fully saturated rings. The third-order valence-corrected chi connectivity index (χ3v) is 8.26. The predicted molar refractivity (Wildman–Crippen MR) is 118 cm³/mol. The number of hydrogen-bond donors (Lipinski definition) is 1. The second-order valence-electron chi connectivity index (χ2n) is 8.32. The highest BCUT2D eigenvalue weighted by atomic mass is 32.2. The number of carbonyl (C=O) groups excluding carboxylic acids is 1. The molecule has 1 amide bonds. The molecule has 0 aliphatic carbocycles. The standard InChI is InChI=1S/C22H29N5O3S/c1-14-7-8-17(12-15(14)2)31(29,30)27-10-5-6-20(27)22-24-19-13-26(16(3)28)11-9-18(19)21(23-4)25-22/h7-8,12,20H,5-6,9-11,13H2,1-4H3,(H,23,24,25). The van der Waals surface area contributed by atoms with Crippen molar-refractivity contribution in [2.75, 3.05) is 25.5 Å². The number of hydrogen-bond acceptors (Lipinski definition) is 6. The molecule has 1 N–H and O–H groups in total. The fourth-order valence-corrected chi connectivity index (χ4v) is 6.11. The Labute approximate surface area is 183 Å². The molecular weight excluding hydrogens is 414 g/mol. The molecule has 0 bridgehead atoms. The molecule has 8 nitrogen and oxygen atoms in total. The van der Waals surface area contributed by atoms with Crippen LogP contribution in [0.25, 0.3) is 0 Å². The van der Waals surface area contributed by atoms with Gasteiger partial charge in [0.2, 0.25) is 15.9 Å². The summed E-state index contributed by atoms with van der Waals surface area (Å²) in [6.07, 6.45) is 2.10. The van der Waals surface area contributed by atoms with Gasteiger partial charge in [0.1, 0.15) is 11.6 Å². The third kappa shape index (κ3) is 3.92. The van der Waals surface area contributed by atoms with E-state index in [-0.39, 0.29) is 5.91 Å². The summed E-state index contributed by atoms with van der Waals surface area (Å²) >= 11 is 0. The van der Waals surface area contributed by atoms with Crippen LogP contribution in [0.5, 0.6) is 0 Å². The minimum absolute atomic E-state index is 0.0108. The molecule has 1 saturated heterocycles. The first-order chi connectivity index (χ1) is 14.7. The van der Waals surface area contributed by atoms with E-state index in [0.717, 1.165) is 34.6 Å². The molecule has 2 aliphatic rings. The fourth-order valence-electron chi connectivity index (χ4n) is 4.37. The Hall–Kier alpha value is -2.52. The number of amides is 1. The zero-order valence-corrected chi connectivity index (χ0v) is 19.3. The van der Waals surface area contributed by atoms with Gasteiger partial charge >= 0.3 is 0 Å². The van der Waals surface area contributed by atoms with E-state index in [9.17, 15) is 13.2 Å². The lowest BCUT2D eigenvalue weighted by Gasteiger charge is -2.30. The summed E-state index contributed by atoms with van der Waals surface area (Å²) in [7, 11) is -1.86. The van der Waals surface area contributed by atoms with E-state index in [0.29, 0.717) is 43.2 Å². The van der Waals surface area contributed by atoms with Crippen LogP contribution in [0.15, 0.2) is 23.1 Å². The first kappa shape index (κ1) is 21.7. The van der Waals surface area contributed by atoms with Gasteiger partial charge in [-0.2, -0.15) is 4.31 Å². The molecule has 0 saturated carbocycles. The quantitative estimate of drug-likeness (QED) is 0.780. The number of benzene rings is 1. The number of aromatic nitrogens is 2. The number of fused-ring (bicyclic) bond motifs is 1. The van der Waals surface area contributed by atoms with Crippen LogP contribution in [-0.4, -0.2) is 53.6 Å². The van der Waals surface area contributed by atoms with Crippen LogP contribution >= 0.6 is 0 Å². The van der Waals surface area contributed by atoms with Crippen molar-refractivity contribution < 1.29 is 13.2 Å². The maximum absolute atomic E-state index is 13.5. The molecule has 3 heterocycles. The van der Waals surface area contributed by atoms with Crippen molar-refractivity contribution in [3.8, 4) is 0 Å². The summed E-state index contributed by atoms with van der Waals surface area (Å²) < 4.78 is 28.5. The maximum atomic E-state index is 13.5. The van der Waals surface area contributed by atoms with Gasteiger partial charge in [-0.1, -0.05) is 6.07 Å². The number of nitrogens with one attached hydrogen (secondary N) is 1. The Morgan fingerprint density at radius 1 is 1.16 bits per heavy atom. The molecule has 0 spiro atoms. The van der Waals surface area contributed by atoms with Gasteiger partial charge < -0.3 is 10.2 Å². The number of sulfonamides is 1. The van der Waals surface area contributed by atoms with Gasteiger partial charge in [-0.3, -0.25) is 4.79 Å². The summed E-state index contributed by atoms with van der Waals surface area (Å²) in [6, 6.07) is 4.83. The zero-order valence-electron chi connectivity index (χ0n) is 18.5. The number of carbonyl (C=O) groups is 1. The minimum Gasteiger partial charge on any atom is -0.373 e. The Morgan fingerprint density at radius 3 is 2.61 bits per heavy atom. The molecule has 2 aliphatic heterocycles. The zero-order chi connectivity index (χ0) is 22.3. The topological polar surface area (TPSA) is 95.5 Å². The fraction of sp³-hybridized carbons (Fsp3) is 0.500. The highest BCUT2D eigenvalue weighted by Crippen LogP contribution is 2.37. The summed E-state index contributed by atoms with van der Waals surface area (Å²) in [6.45, 7) is 6.94. The third-order valence-electron chi connectivity index (χ3n) is 6.35. The van der Waals surface area contributed by atoms with Gasteiger partial charge in [0, 0.05) is 32.6 Å². The van der Waals surface area contributed by atoms with E-state index in [2.05, 4.69) is 5.32 Å². The minimum atomic E-state index is -3.67. The van der Waals surface area contributed by atoms with Gasteiger partial charge in [0.25, 0.3) is 0 Å². The van der Waals surface area contributed by atoms with Crippen LogP contribution in [-0.2, 0) is 27.8 Å². The van der Waals surface area contributed by atoms with Crippen molar-refractivity contribution in [3.63, 3.8) is 0 Å². The smallest absolute Gasteiger partial charge is 0.243 e. The van der Waals surface area contributed by atoms with E-state index in [4.69, 9.17) is 9.97 Å². The van der Waals surface area contributed by atoms with Crippen molar-refractivity contribution in [3.05, 3.63) is 46.4 Å². The van der Waals surface area contributed by atoms with Gasteiger partial charge in [-0.25, -0.2) is 18.4 Å². The van der Waals surface area contributed by atoms with E-state index >= 15 is 0 Å². The van der Waals surface area contributed by atoms with Crippen LogP contribution in [0.4, 0.5) is 5.82 Å². The van der Waals surface area contributed by atoms with Crippen molar-refractivity contribution in [2.24, 2.45) is 0 Å². The van der Waals surface area contributed by atoms with Crippen molar-refractivity contribution in [1.82, 2.24) is 19.2 Å². The molecule has 2 aromatic rings. The molecular formula is C22H29N5O3S. The maximum Gasteiger partial charge on any atom is 0.243 e. The summed E-state index contributed by atoms with van der Waals surface area (Å²) in [5, 5.41) is 3.14. The van der Waals surface area contributed by atoms with E-state index in [1.54, 1.807) is 24.0 Å². The molecule has 0 radical (unpaired) electrons. The number of rotatable bonds is 4. The lowest BCUT2D eigenvalue weighted by atomic mass is 10.0. The van der Waals surface area contributed by atoms with Crippen molar-refractivity contribution in [1.29, 1.82) is 0 Å². The lowest BCUT2D eigenvalue weighted by Crippen LogP contribution is -2.36. The summed E-state index contributed by atoms with van der Waals surface area (Å²) in [4.78, 5) is 23.4. The molecule has 31 heavy (non-hydrogen) atoms. The predicted octanol–water partition coefficient (Wildman–Crippen LogP) is 2.57. The number of anilines is 1.